The van der Waals surface area contributed by atoms with Gasteiger partial charge in [-0.15, -0.1) is 0 Å². The summed E-state index contributed by atoms with van der Waals surface area (Å²) in [7, 11) is 0. The summed E-state index contributed by atoms with van der Waals surface area (Å²) in [6.45, 7) is 7.26. The summed E-state index contributed by atoms with van der Waals surface area (Å²) in [4.78, 5) is 2.16. The Hall–Kier alpha value is -0.290. The Morgan fingerprint density at radius 1 is 1.24 bits per heavy atom. The van der Waals surface area contributed by atoms with Crippen LogP contribution in [0.15, 0.2) is 0 Å². The van der Waals surface area contributed by atoms with Gasteiger partial charge >= 0.3 is 6.18 Å². The molecule has 0 aromatic heterocycles. The van der Waals surface area contributed by atoms with Gasteiger partial charge in [-0.1, -0.05) is 13.8 Å². The molecule has 1 aliphatic rings. The molecule has 2 atom stereocenters. The zero-order valence-electron chi connectivity index (χ0n) is 10.7. The number of hydrogen-bond donors (Lipinski definition) is 1. The average molecular weight is 252 g/mol. The maximum Gasteiger partial charge on any atom is 0.389 e. The molecule has 1 aliphatic heterocycles. The van der Waals surface area contributed by atoms with E-state index < -0.39 is 12.6 Å². The van der Waals surface area contributed by atoms with E-state index in [0.29, 0.717) is 13.0 Å². The zero-order chi connectivity index (χ0) is 12.9. The van der Waals surface area contributed by atoms with E-state index in [9.17, 15) is 13.2 Å². The van der Waals surface area contributed by atoms with Crippen molar-refractivity contribution in [3.8, 4) is 0 Å². The van der Waals surface area contributed by atoms with Gasteiger partial charge in [0.1, 0.15) is 0 Å². The van der Waals surface area contributed by atoms with Crippen molar-refractivity contribution >= 4 is 0 Å². The lowest BCUT2D eigenvalue weighted by Gasteiger charge is -2.38. The number of nitrogens with zero attached hydrogens (tertiary/aromatic N) is 1. The van der Waals surface area contributed by atoms with E-state index in [1.54, 1.807) is 0 Å². The second-order valence-electron chi connectivity index (χ2n) is 4.94. The Bertz CT molecular complexity index is 204. The van der Waals surface area contributed by atoms with Crippen LogP contribution in [0.1, 0.15) is 33.1 Å². The highest BCUT2D eigenvalue weighted by Crippen LogP contribution is 2.30. The summed E-state index contributed by atoms with van der Waals surface area (Å²) in [5, 5.41) is 3.28. The van der Waals surface area contributed by atoms with Gasteiger partial charge in [-0.3, -0.25) is 0 Å². The molecule has 102 valence electrons. The molecule has 0 spiro atoms. The van der Waals surface area contributed by atoms with Gasteiger partial charge in [0.15, 0.2) is 0 Å². The van der Waals surface area contributed by atoms with E-state index in [1.165, 1.54) is 0 Å². The van der Waals surface area contributed by atoms with Crippen molar-refractivity contribution in [2.75, 3.05) is 26.2 Å². The van der Waals surface area contributed by atoms with Crippen LogP contribution in [0.5, 0.6) is 0 Å². The zero-order valence-corrected chi connectivity index (χ0v) is 10.7. The van der Waals surface area contributed by atoms with Gasteiger partial charge in [0.2, 0.25) is 0 Å². The lowest BCUT2D eigenvalue weighted by Crippen LogP contribution is -2.50. The van der Waals surface area contributed by atoms with Gasteiger partial charge in [-0.2, -0.15) is 13.2 Å². The number of halogens is 3. The van der Waals surface area contributed by atoms with Crippen LogP contribution in [0.3, 0.4) is 0 Å². The van der Waals surface area contributed by atoms with E-state index in [-0.39, 0.29) is 12.0 Å². The van der Waals surface area contributed by atoms with Crippen molar-refractivity contribution in [1.82, 2.24) is 10.2 Å². The molecule has 5 heteroatoms. The average Bonchev–Trinajstić information content (AvgIpc) is 2.15. The van der Waals surface area contributed by atoms with Crippen LogP contribution >= 0.6 is 0 Å². The normalized spacial score (nSPS) is 27.4. The Morgan fingerprint density at radius 3 is 2.47 bits per heavy atom. The molecule has 0 aliphatic carbocycles. The number of rotatable bonds is 5. The van der Waals surface area contributed by atoms with E-state index in [2.05, 4.69) is 17.1 Å². The Labute approximate surface area is 102 Å². The summed E-state index contributed by atoms with van der Waals surface area (Å²) in [5.41, 5.74) is 0. The smallest absolute Gasteiger partial charge is 0.313 e. The monoisotopic (exact) mass is 252 g/mol. The van der Waals surface area contributed by atoms with Crippen molar-refractivity contribution in [3.63, 3.8) is 0 Å². The molecular weight excluding hydrogens is 229 g/mol. The van der Waals surface area contributed by atoms with Crippen LogP contribution < -0.4 is 5.32 Å². The van der Waals surface area contributed by atoms with Gasteiger partial charge in [0.05, 0.1) is 0 Å². The number of piperidine rings is 1. The Balaban J connectivity index is 2.52. The largest absolute Gasteiger partial charge is 0.389 e. The number of alkyl halides is 3. The first-order chi connectivity index (χ1) is 7.94. The molecule has 2 nitrogen and oxygen atoms in total. The maximum atomic E-state index is 12.4. The fourth-order valence-corrected chi connectivity index (χ4v) is 2.71. The lowest BCUT2D eigenvalue weighted by molar-refractivity contribution is -0.148. The quantitative estimate of drug-likeness (QED) is 0.809. The third-order valence-electron chi connectivity index (χ3n) is 3.17. The highest BCUT2D eigenvalue weighted by molar-refractivity contribution is 4.84. The molecule has 2 unspecified atom stereocenters. The second-order valence-corrected chi connectivity index (χ2v) is 4.94. The topological polar surface area (TPSA) is 15.3 Å². The summed E-state index contributed by atoms with van der Waals surface area (Å²) in [5.74, 6) is -0.251. The first-order valence-corrected chi connectivity index (χ1v) is 6.47. The predicted molar refractivity (Wildman–Crippen MR) is 63.0 cm³/mol. The summed E-state index contributed by atoms with van der Waals surface area (Å²) >= 11 is 0. The predicted octanol–water partition coefficient (Wildman–Crippen LogP) is 2.65. The van der Waals surface area contributed by atoms with Gasteiger partial charge in [0, 0.05) is 25.6 Å². The summed E-state index contributed by atoms with van der Waals surface area (Å²) < 4.78 is 37.3. The van der Waals surface area contributed by atoms with Crippen LogP contribution in [-0.2, 0) is 0 Å². The van der Waals surface area contributed by atoms with Crippen molar-refractivity contribution in [2.24, 2.45) is 5.92 Å². The molecule has 0 saturated carbocycles. The summed E-state index contributed by atoms with van der Waals surface area (Å²) in [6, 6.07) is 0.215. The molecule has 1 fully saturated rings. The number of hydrogen-bond acceptors (Lipinski definition) is 2. The minimum Gasteiger partial charge on any atom is -0.313 e. The highest BCUT2D eigenvalue weighted by atomic mass is 19.4. The van der Waals surface area contributed by atoms with Crippen LogP contribution in [-0.4, -0.2) is 43.3 Å². The maximum absolute atomic E-state index is 12.4. The third-order valence-corrected chi connectivity index (χ3v) is 3.17. The van der Waals surface area contributed by atoms with E-state index in [1.807, 2.05) is 6.92 Å². The third kappa shape index (κ3) is 5.73. The molecular formula is C12H23F3N2. The van der Waals surface area contributed by atoms with Crippen molar-refractivity contribution < 1.29 is 13.2 Å². The van der Waals surface area contributed by atoms with Crippen LogP contribution in [0.2, 0.25) is 0 Å². The molecule has 0 amide bonds. The van der Waals surface area contributed by atoms with Crippen molar-refractivity contribution in [3.05, 3.63) is 0 Å². The fraction of sp³-hybridized carbons (Fsp3) is 1.00. The SMILES string of the molecule is CCCN1CC(CC(F)(F)F)CC(NCC)C1. The minimum absolute atomic E-state index is 0.215. The molecule has 1 N–H and O–H groups in total. The van der Waals surface area contributed by atoms with E-state index in [0.717, 1.165) is 26.1 Å². The van der Waals surface area contributed by atoms with E-state index in [4.69, 9.17) is 0 Å². The summed E-state index contributed by atoms with van der Waals surface area (Å²) in [6.07, 6.45) is -3.03. The number of nitrogens with one attached hydrogen (secondary N) is 1. The minimum atomic E-state index is -4.03. The molecule has 0 aromatic rings. The molecule has 0 radical (unpaired) electrons. The van der Waals surface area contributed by atoms with Gasteiger partial charge in [-0.05, 0) is 31.8 Å². The Morgan fingerprint density at radius 2 is 1.94 bits per heavy atom. The van der Waals surface area contributed by atoms with Crippen LogP contribution in [0.25, 0.3) is 0 Å². The molecule has 0 bridgehead atoms. The van der Waals surface area contributed by atoms with Crippen LogP contribution in [0, 0.1) is 5.92 Å². The van der Waals surface area contributed by atoms with Gasteiger partial charge < -0.3 is 10.2 Å². The first-order valence-electron chi connectivity index (χ1n) is 6.47. The number of likely N-dealkylation sites (N-methyl/N-ethyl adjacent to an activating group) is 1. The fourth-order valence-electron chi connectivity index (χ4n) is 2.71. The second kappa shape index (κ2) is 6.59. The number of likely N-dealkylation sites (tertiary alicyclic amines) is 1. The standard InChI is InChI=1S/C12H23F3N2/c1-3-5-17-8-10(7-12(13,14)15)6-11(9-17)16-4-2/h10-11,16H,3-9H2,1-2H3. The highest BCUT2D eigenvalue weighted by Gasteiger charge is 2.36. The van der Waals surface area contributed by atoms with Crippen molar-refractivity contribution in [1.29, 1.82) is 0 Å². The van der Waals surface area contributed by atoms with Crippen molar-refractivity contribution in [2.45, 2.75) is 45.3 Å². The van der Waals surface area contributed by atoms with Crippen LogP contribution in [0.4, 0.5) is 13.2 Å². The molecule has 0 aromatic carbocycles. The van der Waals surface area contributed by atoms with Gasteiger partial charge in [-0.25, -0.2) is 0 Å². The first kappa shape index (κ1) is 14.8. The molecule has 1 saturated heterocycles. The molecule has 17 heavy (non-hydrogen) atoms. The van der Waals surface area contributed by atoms with Gasteiger partial charge in [0.25, 0.3) is 0 Å². The lowest BCUT2D eigenvalue weighted by atomic mass is 9.91. The molecule has 1 heterocycles. The Kier molecular flexibility index (Phi) is 5.73. The van der Waals surface area contributed by atoms with E-state index >= 15 is 0 Å². The molecule has 1 rings (SSSR count).